The molecular weight excluding hydrogens is 369 g/mol. The molecule has 0 unspecified atom stereocenters. The predicted octanol–water partition coefficient (Wildman–Crippen LogP) is 1.58. The number of hydrogen-bond acceptors (Lipinski definition) is 4. The van der Waals surface area contributed by atoms with Crippen LogP contribution in [0.1, 0.15) is 26.7 Å². The number of sulfonamides is 1. The Morgan fingerprint density at radius 1 is 1.19 bits per heavy atom. The third kappa shape index (κ3) is 4.02. The summed E-state index contributed by atoms with van der Waals surface area (Å²) in [4.78, 5) is 12.7. The highest BCUT2D eigenvalue weighted by Crippen LogP contribution is 2.40. The van der Waals surface area contributed by atoms with Gasteiger partial charge in [0.2, 0.25) is 15.9 Å². The van der Waals surface area contributed by atoms with E-state index in [2.05, 4.69) is 10.6 Å². The van der Waals surface area contributed by atoms with E-state index in [0.717, 1.165) is 25.0 Å². The van der Waals surface area contributed by atoms with E-state index in [1.54, 1.807) is 7.05 Å². The fourth-order valence-electron chi connectivity index (χ4n) is 4.40. The van der Waals surface area contributed by atoms with Gasteiger partial charge in [0.15, 0.2) is 0 Å². The number of carbonyl (C=O) groups is 1. The minimum Gasteiger partial charge on any atom is -0.352 e. The number of rotatable bonds is 6. The van der Waals surface area contributed by atoms with Crippen LogP contribution in [0.15, 0.2) is 29.2 Å². The highest BCUT2D eigenvalue weighted by molar-refractivity contribution is 7.89. The summed E-state index contributed by atoms with van der Waals surface area (Å²) in [6.45, 7) is 4.83. The smallest absolute Gasteiger partial charge is 0.243 e. The number of benzene rings is 1. The van der Waals surface area contributed by atoms with Crippen LogP contribution in [-0.4, -0.2) is 50.9 Å². The molecule has 27 heavy (non-hydrogen) atoms. The second-order valence-corrected chi connectivity index (χ2v) is 9.84. The first-order chi connectivity index (χ1) is 12.7. The first-order valence-corrected chi connectivity index (χ1v) is 10.9. The van der Waals surface area contributed by atoms with E-state index in [4.69, 9.17) is 0 Å². The largest absolute Gasteiger partial charge is 0.352 e. The SMILES string of the molecule is CN[C@H](C(=O)N[C@@H]1CC[C@H]2CN(S(=O)(=O)c3ccc(F)cc3)C[C@H]21)C(C)C. The van der Waals surface area contributed by atoms with Crippen LogP contribution in [0.5, 0.6) is 0 Å². The maximum absolute atomic E-state index is 13.1. The molecule has 1 saturated heterocycles. The van der Waals surface area contributed by atoms with Crippen molar-refractivity contribution in [3.8, 4) is 0 Å². The van der Waals surface area contributed by atoms with Crippen molar-refractivity contribution >= 4 is 15.9 Å². The van der Waals surface area contributed by atoms with E-state index >= 15 is 0 Å². The number of nitrogens with one attached hydrogen (secondary N) is 2. The first-order valence-electron chi connectivity index (χ1n) is 9.47. The van der Waals surface area contributed by atoms with Crippen LogP contribution in [0, 0.1) is 23.6 Å². The van der Waals surface area contributed by atoms with Gasteiger partial charge in [-0.15, -0.1) is 0 Å². The lowest BCUT2D eigenvalue weighted by Gasteiger charge is -2.25. The third-order valence-electron chi connectivity index (χ3n) is 5.86. The van der Waals surface area contributed by atoms with Crippen LogP contribution < -0.4 is 10.6 Å². The normalized spacial score (nSPS) is 26.9. The molecule has 0 aromatic heterocycles. The van der Waals surface area contributed by atoms with Crippen molar-refractivity contribution in [3.63, 3.8) is 0 Å². The molecule has 8 heteroatoms. The van der Waals surface area contributed by atoms with Crippen LogP contribution in [0.25, 0.3) is 0 Å². The lowest BCUT2D eigenvalue weighted by molar-refractivity contribution is -0.125. The van der Waals surface area contributed by atoms with Gasteiger partial charge in [-0.25, -0.2) is 12.8 Å². The Balaban J connectivity index is 1.69. The standard InChI is InChI=1S/C19H28FN3O3S/c1-12(2)18(21-3)19(24)22-17-9-4-13-10-23(11-16(13)17)27(25,26)15-7-5-14(20)6-8-15/h5-8,12-13,16-18,21H,4,9-11H2,1-3H3,(H,22,24)/t13-,16+,17+,18-/m0/s1. The fourth-order valence-corrected chi connectivity index (χ4v) is 5.93. The van der Waals surface area contributed by atoms with Crippen LogP contribution in [0.4, 0.5) is 4.39 Å². The second kappa shape index (κ2) is 7.85. The predicted molar refractivity (Wildman–Crippen MR) is 101 cm³/mol. The van der Waals surface area contributed by atoms with Gasteiger partial charge in [0.25, 0.3) is 0 Å². The van der Waals surface area contributed by atoms with Crippen molar-refractivity contribution in [2.24, 2.45) is 17.8 Å². The molecule has 150 valence electrons. The molecule has 1 aliphatic heterocycles. The van der Waals surface area contributed by atoms with Crippen molar-refractivity contribution in [3.05, 3.63) is 30.1 Å². The average molecular weight is 398 g/mol. The molecule has 1 amide bonds. The topological polar surface area (TPSA) is 78.5 Å². The average Bonchev–Trinajstić information content (AvgIpc) is 3.18. The van der Waals surface area contributed by atoms with Crippen LogP contribution in [0.3, 0.4) is 0 Å². The van der Waals surface area contributed by atoms with E-state index in [-0.39, 0.29) is 40.6 Å². The lowest BCUT2D eigenvalue weighted by atomic mass is 9.97. The summed E-state index contributed by atoms with van der Waals surface area (Å²) in [7, 11) is -1.87. The van der Waals surface area contributed by atoms with Gasteiger partial charge in [0.1, 0.15) is 5.82 Å². The van der Waals surface area contributed by atoms with Crippen LogP contribution >= 0.6 is 0 Å². The molecule has 1 aromatic rings. The Labute approximate surface area is 160 Å². The summed E-state index contributed by atoms with van der Waals surface area (Å²) in [6.07, 6.45) is 1.77. The molecule has 0 radical (unpaired) electrons. The summed E-state index contributed by atoms with van der Waals surface area (Å²) in [5.74, 6) is 0.0508. The molecule has 1 saturated carbocycles. The lowest BCUT2D eigenvalue weighted by Crippen LogP contribution is -2.50. The van der Waals surface area contributed by atoms with Gasteiger partial charge in [-0.05, 0) is 61.9 Å². The molecule has 1 aromatic carbocycles. The van der Waals surface area contributed by atoms with Crippen molar-refractivity contribution in [1.29, 1.82) is 0 Å². The Morgan fingerprint density at radius 3 is 2.44 bits per heavy atom. The van der Waals surface area contributed by atoms with Gasteiger partial charge in [-0.2, -0.15) is 4.31 Å². The van der Waals surface area contributed by atoms with E-state index in [1.165, 1.54) is 16.4 Å². The van der Waals surface area contributed by atoms with Gasteiger partial charge in [-0.3, -0.25) is 4.79 Å². The first kappa shape index (κ1) is 20.2. The summed E-state index contributed by atoms with van der Waals surface area (Å²) in [5, 5.41) is 6.17. The van der Waals surface area contributed by atoms with Gasteiger partial charge in [0.05, 0.1) is 10.9 Å². The van der Waals surface area contributed by atoms with E-state index in [1.807, 2.05) is 13.8 Å². The molecule has 0 bridgehead atoms. The van der Waals surface area contributed by atoms with Crippen molar-refractivity contribution in [1.82, 2.24) is 14.9 Å². The number of likely N-dealkylation sites (N-methyl/N-ethyl adjacent to an activating group) is 1. The molecule has 6 nitrogen and oxygen atoms in total. The fraction of sp³-hybridized carbons (Fsp3) is 0.632. The maximum atomic E-state index is 13.1. The van der Waals surface area contributed by atoms with Crippen LogP contribution in [-0.2, 0) is 14.8 Å². The van der Waals surface area contributed by atoms with Gasteiger partial charge < -0.3 is 10.6 Å². The summed E-state index contributed by atoms with van der Waals surface area (Å²) < 4.78 is 40.3. The number of halogens is 1. The van der Waals surface area contributed by atoms with E-state index in [9.17, 15) is 17.6 Å². The third-order valence-corrected chi connectivity index (χ3v) is 7.71. The van der Waals surface area contributed by atoms with Gasteiger partial charge in [0, 0.05) is 19.1 Å². The molecular formula is C19H28FN3O3S. The Hall–Kier alpha value is -1.51. The van der Waals surface area contributed by atoms with E-state index < -0.39 is 15.8 Å². The monoisotopic (exact) mass is 397 g/mol. The molecule has 0 spiro atoms. The van der Waals surface area contributed by atoms with Gasteiger partial charge >= 0.3 is 0 Å². The molecule has 3 rings (SSSR count). The number of hydrogen-bond donors (Lipinski definition) is 2. The minimum atomic E-state index is -3.64. The zero-order valence-electron chi connectivity index (χ0n) is 16.0. The number of carbonyl (C=O) groups excluding carboxylic acids is 1. The summed E-state index contributed by atoms with van der Waals surface area (Å²) in [5.41, 5.74) is 0. The quantitative estimate of drug-likeness (QED) is 0.764. The van der Waals surface area contributed by atoms with Crippen molar-refractivity contribution in [2.75, 3.05) is 20.1 Å². The minimum absolute atomic E-state index is 0.00878. The Bertz CT molecular complexity index is 782. The molecule has 2 fully saturated rings. The highest BCUT2D eigenvalue weighted by Gasteiger charge is 2.47. The van der Waals surface area contributed by atoms with Gasteiger partial charge in [-0.1, -0.05) is 13.8 Å². The molecule has 4 atom stereocenters. The van der Waals surface area contributed by atoms with Crippen LogP contribution in [0.2, 0.25) is 0 Å². The highest BCUT2D eigenvalue weighted by atomic mass is 32.2. The molecule has 1 heterocycles. The van der Waals surface area contributed by atoms with E-state index in [0.29, 0.717) is 13.1 Å². The zero-order chi connectivity index (χ0) is 19.8. The zero-order valence-corrected chi connectivity index (χ0v) is 16.8. The summed E-state index contributed by atoms with van der Waals surface area (Å²) >= 11 is 0. The molecule has 1 aliphatic carbocycles. The second-order valence-electron chi connectivity index (χ2n) is 7.90. The maximum Gasteiger partial charge on any atom is 0.243 e. The number of amides is 1. The van der Waals surface area contributed by atoms with Crippen molar-refractivity contribution in [2.45, 2.75) is 43.7 Å². The van der Waals surface area contributed by atoms with Crippen molar-refractivity contribution < 1.29 is 17.6 Å². The Morgan fingerprint density at radius 2 is 1.85 bits per heavy atom. The number of fused-ring (bicyclic) bond motifs is 1. The number of nitrogens with zero attached hydrogens (tertiary/aromatic N) is 1. The summed E-state index contributed by atoms with van der Waals surface area (Å²) in [6, 6.07) is 4.67. The molecule has 2 aliphatic rings. The Kier molecular flexibility index (Phi) is 5.88. The molecule has 2 N–H and O–H groups in total.